The molecule has 1 aromatic rings. The number of sulfone groups is 1. The number of quaternary nitrogens is 1. The molecule has 0 aromatic heterocycles. The minimum atomic E-state index is -3.02. The van der Waals surface area contributed by atoms with Gasteiger partial charge in [0.25, 0.3) is 5.91 Å². The molecule has 2 rings (SSSR count). The van der Waals surface area contributed by atoms with Crippen LogP contribution in [0.2, 0.25) is 5.02 Å². The molecule has 1 fully saturated rings. The van der Waals surface area contributed by atoms with Gasteiger partial charge >= 0.3 is 0 Å². The summed E-state index contributed by atoms with van der Waals surface area (Å²) in [5.74, 6) is 0.0353. The summed E-state index contributed by atoms with van der Waals surface area (Å²) in [4.78, 5) is 12.0. The number of nitrogens with two attached hydrogens (primary N) is 1. The zero-order valence-electron chi connectivity index (χ0n) is 12.8. The summed E-state index contributed by atoms with van der Waals surface area (Å²) in [6.07, 6.45) is 0.480. The lowest BCUT2D eigenvalue weighted by atomic mass is 10.0. The van der Waals surface area contributed by atoms with Crippen LogP contribution < -0.4 is 10.6 Å². The van der Waals surface area contributed by atoms with Gasteiger partial charge < -0.3 is 10.6 Å². The second kappa shape index (κ2) is 6.56. The van der Waals surface area contributed by atoms with Crippen LogP contribution in [0.3, 0.4) is 0 Å². The first-order chi connectivity index (χ1) is 10.2. The normalized spacial score (nSPS) is 24.9. The Kier molecular flexibility index (Phi) is 5.14. The van der Waals surface area contributed by atoms with Crippen molar-refractivity contribution >= 4 is 27.3 Å². The third-order valence-corrected chi connectivity index (χ3v) is 6.15. The van der Waals surface area contributed by atoms with E-state index in [-0.39, 0.29) is 30.0 Å². The Hall–Kier alpha value is -1.11. The van der Waals surface area contributed by atoms with Crippen LogP contribution in [0.1, 0.15) is 31.9 Å². The van der Waals surface area contributed by atoms with E-state index in [1.165, 1.54) is 0 Å². The van der Waals surface area contributed by atoms with Crippen LogP contribution in [0.4, 0.5) is 0 Å². The number of carbonyl (C=O) groups is 1. The van der Waals surface area contributed by atoms with Crippen LogP contribution in [-0.2, 0) is 14.6 Å². The maximum absolute atomic E-state index is 12.0. The van der Waals surface area contributed by atoms with E-state index in [1.54, 1.807) is 6.92 Å². The number of hydrogen-bond donors (Lipinski definition) is 2. The first-order valence-corrected chi connectivity index (χ1v) is 9.49. The lowest BCUT2D eigenvalue weighted by molar-refractivity contribution is -0.682. The fourth-order valence-corrected chi connectivity index (χ4v) is 4.90. The van der Waals surface area contributed by atoms with Crippen LogP contribution in [0.5, 0.6) is 0 Å². The van der Waals surface area contributed by atoms with Crippen LogP contribution in [0.25, 0.3) is 0 Å². The van der Waals surface area contributed by atoms with Crippen molar-refractivity contribution in [2.75, 3.05) is 18.1 Å². The Balaban J connectivity index is 1.84. The van der Waals surface area contributed by atoms with Gasteiger partial charge in [-0.05, 0) is 32.4 Å². The molecule has 2 atom stereocenters. The van der Waals surface area contributed by atoms with Crippen LogP contribution in [0, 0.1) is 0 Å². The number of nitrogens with one attached hydrogen (secondary N) is 1. The Morgan fingerprint density at radius 1 is 1.41 bits per heavy atom. The second-order valence-corrected chi connectivity index (χ2v) is 8.85. The fourth-order valence-electron chi connectivity index (χ4n) is 2.68. The van der Waals surface area contributed by atoms with E-state index in [2.05, 4.69) is 5.32 Å². The molecule has 1 aliphatic rings. The molecule has 0 radical (unpaired) electrons. The molecule has 7 heteroatoms. The summed E-state index contributed by atoms with van der Waals surface area (Å²) in [6, 6.07) is 7.65. The molecule has 1 saturated heterocycles. The van der Waals surface area contributed by atoms with Gasteiger partial charge in [0.2, 0.25) is 0 Å². The zero-order chi connectivity index (χ0) is 16.4. The maximum atomic E-state index is 12.0. The van der Waals surface area contributed by atoms with Gasteiger partial charge in [-0.3, -0.25) is 4.79 Å². The number of hydrogen-bond acceptors (Lipinski definition) is 3. The highest BCUT2D eigenvalue weighted by Crippen LogP contribution is 2.22. The SMILES string of the molecule is C[C@H]([NH2+]CC(=O)N[C@]1(C)CCS(=O)(=O)C1)c1ccc(Cl)cc1. The minimum Gasteiger partial charge on any atom is -0.345 e. The minimum absolute atomic E-state index is 0.0263. The van der Waals surface area contributed by atoms with E-state index in [9.17, 15) is 13.2 Å². The number of amides is 1. The van der Waals surface area contributed by atoms with Gasteiger partial charge in [0.1, 0.15) is 6.04 Å². The van der Waals surface area contributed by atoms with Crippen molar-refractivity contribution in [3.63, 3.8) is 0 Å². The van der Waals surface area contributed by atoms with Crippen molar-refractivity contribution in [1.82, 2.24) is 5.32 Å². The van der Waals surface area contributed by atoms with Gasteiger partial charge in [0.05, 0.1) is 17.0 Å². The molecule has 0 spiro atoms. The van der Waals surface area contributed by atoms with Crippen LogP contribution >= 0.6 is 11.6 Å². The molecule has 122 valence electrons. The van der Waals surface area contributed by atoms with E-state index in [0.29, 0.717) is 11.4 Å². The largest absolute Gasteiger partial charge is 0.345 e. The molecular weight excluding hydrogens is 324 g/mol. The Bertz CT molecular complexity index is 645. The molecule has 0 saturated carbocycles. The lowest BCUT2D eigenvalue weighted by Gasteiger charge is -2.23. The predicted octanol–water partition coefficient (Wildman–Crippen LogP) is 0.658. The molecule has 22 heavy (non-hydrogen) atoms. The van der Waals surface area contributed by atoms with Crippen LogP contribution in [0.15, 0.2) is 24.3 Å². The van der Waals surface area contributed by atoms with Gasteiger partial charge in [-0.1, -0.05) is 23.7 Å². The molecule has 1 amide bonds. The third kappa shape index (κ3) is 4.69. The van der Waals surface area contributed by atoms with E-state index in [1.807, 2.05) is 36.5 Å². The molecule has 0 aliphatic carbocycles. The van der Waals surface area contributed by atoms with Crippen molar-refractivity contribution in [3.8, 4) is 0 Å². The average molecular weight is 346 g/mol. The van der Waals surface area contributed by atoms with Gasteiger partial charge in [-0.2, -0.15) is 0 Å². The van der Waals surface area contributed by atoms with Crippen molar-refractivity contribution in [1.29, 1.82) is 0 Å². The number of halogens is 1. The third-order valence-electron chi connectivity index (χ3n) is 4.00. The summed E-state index contributed by atoms with van der Waals surface area (Å²) in [5.41, 5.74) is 0.458. The molecule has 1 aromatic carbocycles. The predicted molar refractivity (Wildman–Crippen MR) is 86.5 cm³/mol. The molecule has 1 aliphatic heterocycles. The van der Waals surface area contributed by atoms with E-state index < -0.39 is 15.4 Å². The molecule has 5 nitrogen and oxygen atoms in total. The highest BCUT2D eigenvalue weighted by atomic mass is 35.5. The smallest absolute Gasteiger partial charge is 0.275 e. The highest BCUT2D eigenvalue weighted by molar-refractivity contribution is 7.91. The summed E-state index contributed by atoms with van der Waals surface area (Å²) in [5, 5.41) is 5.46. The van der Waals surface area contributed by atoms with Gasteiger partial charge in [-0.15, -0.1) is 0 Å². The van der Waals surface area contributed by atoms with Crippen molar-refractivity contribution in [2.24, 2.45) is 0 Å². The number of carbonyl (C=O) groups excluding carboxylic acids is 1. The van der Waals surface area contributed by atoms with E-state index in [4.69, 9.17) is 11.6 Å². The second-order valence-electron chi connectivity index (χ2n) is 6.23. The van der Waals surface area contributed by atoms with Gasteiger partial charge in [0, 0.05) is 10.6 Å². The molecule has 3 N–H and O–H groups in total. The summed E-state index contributed by atoms with van der Waals surface area (Å²) in [6.45, 7) is 4.07. The molecule has 0 unspecified atom stereocenters. The number of rotatable bonds is 5. The standard InChI is InChI=1S/C15H21ClN2O3S/c1-11(12-3-5-13(16)6-4-12)17-9-14(19)18-15(2)7-8-22(20,21)10-15/h3-6,11,17H,7-10H2,1-2H3,(H,18,19)/p+1/t11-,15+/m0/s1. The molecule has 1 heterocycles. The Morgan fingerprint density at radius 2 is 2.05 bits per heavy atom. The summed E-state index contributed by atoms with van der Waals surface area (Å²) < 4.78 is 23.1. The zero-order valence-corrected chi connectivity index (χ0v) is 14.4. The monoisotopic (exact) mass is 345 g/mol. The quantitative estimate of drug-likeness (QED) is 0.822. The van der Waals surface area contributed by atoms with Crippen LogP contribution in [-0.4, -0.2) is 37.9 Å². The highest BCUT2D eigenvalue weighted by Gasteiger charge is 2.39. The van der Waals surface area contributed by atoms with Gasteiger partial charge in [0.15, 0.2) is 16.4 Å². The first kappa shape index (κ1) is 17.2. The summed E-state index contributed by atoms with van der Waals surface area (Å²) in [7, 11) is -3.02. The fraction of sp³-hybridized carbons (Fsp3) is 0.533. The number of benzene rings is 1. The molecular formula is C15H22ClN2O3S+. The Labute approximate surface area is 136 Å². The topological polar surface area (TPSA) is 79.8 Å². The van der Waals surface area contributed by atoms with Crippen molar-refractivity contribution in [2.45, 2.75) is 31.8 Å². The molecule has 0 bridgehead atoms. The van der Waals surface area contributed by atoms with Gasteiger partial charge in [-0.25, -0.2) is 8.42 Å². The summed E-state index contributed by atoms with van der Waals surface area (Å²) >= 11 is 5.85. The maximum Gasteiger partial charge on any atom is 0.275 e. The average Bonchev–Trinajstić information content (AvgIpc) is 2.70. The van der Waals surface area contributed by atoms with Crippen molar-refractivity contribution < 1.29 is 18.5 Å². The van der Waals surface area contributed by atoms with E-state index in [0.717, 1.165) is 5.56 Å². The lowest BCUT2D eigenvalue weighted by Crippen LogP contribution is -2.87. The van der Waals surface area contributed by atoms with Crippen molar-refractivity contribution in [3.05, 3.63) is 34.9 Å². The first-order valence-electron chi connectivity index (χ1n) is 7.29. The Morgan fingerprint density at radius 3 is 2.59 bits per heavy atom. The van der Waals surface area contributed by atoms with E-state index >= 15 is 0 Å².